The van der Waals surface area contributed by atoms with Crippen molar-refractivity contribution in [2.45, 2.75) is 31.6 Å². The molecule has 0 bridgehead atoms. The number of hydrogen-bond acceptors (Lipinski definition) is 5. The SMILES string of the molecule is CN=CC1=NC(c2ccc(F)cc2F)=N/C1=C/CCCc1cc(-c2ccc(C(F)(F)F)cc2C(F)(F)F)no1. The summed E-state index contributed by atoms with van der Waals surface area (Å²) in [5, 5.41) is 3.61. The van der Waals surface area contributed by atoms with Crippen LogP contribution in [-0.4, -0.2) is 30.0 Å². The molecule has 0 fully saturated rings. The van der Waals surface area contributed by atoms with Crippen molar-refractivity contribution in [2.75, 3.05) is 7.05 Å². The number of aromatic nitrogens is 1. The number of amidine groups is 1. The number of allylic oxidation sites excluding steroid dienone is 2. The fourth-order valence-electron chi connectivity index (χ4n) is 3.78. The van der Waals surface area contributed by atoms with Gasteiger partial charge in [-0.1, -0.05) is 17.3 Å². The quantitative estimate of drug-likeness (QED) is 0.173. The molecule has 0 saturated carbocycles. The second kappa shape index (κ2) is 10.9. The lowest BCUT2D eigenvalue weighted by Gasteiger charge is -2.14. The number of halogens is 8. The highest BCUT2D eigenvalue weighted by atomic mass is 19.4. The molecule has 0 unspecified atom stereocenters. The van der Waals surface area contributed by atoms with Crippen molar-refractivity contribution in [2.24, 2.45) is 15.0 Å². The summed E-state index contributed by atoms with van der Waals surface area (Å²) in [6.45, 7) is 0. The van der Waals surface area contributed by atoms with Gasteiger partial charge < -0.3 is 4.52 Å². The molecule has 0 atom stereocenters. The highest BCUT2D eigenvalue weighted by Crippen LogP contribution is 2.40. The van der Waals surface area contributed by atoms with E-state index in [2.05, 4.69) is 20.1 Å². The first-order chi connectivity index (χ1) is 18.4. The van der Waals surface area contributed by atoms with Crippen LogP contribution in [0.15, 0.2) is 73.7 Å². The van der Waals surface area contributed by atoms with Gasteiger partial charge in [0.2, 0.25) is 0 Å². The highest BCUT2D eigenvalue weighted by Gasteiger charge is 2.39. The molecule has 1 aliphatic heterocycles. The number of hydrogen-bond donors (Lipinski definition) is 0. The largest absolute Gasteiger partial charge is 0.417 e. The van der Waals surface area contributed by atoms with Gasteiger partial charge in [-0.3, -0.25) is 4.99 Å². The molecule has 204 valence electrons. The minimum atomic E-state index is -5.04. The smallest absolute Gasteiger partial charge is 0.361 e. The van der Waals surface area contributed by atoms with Crippen LogP contribution >= 0.6 is 0 Å². The molecule has 5 nitrogen and oxygen atoms in total. The maximum atomic E-state index is 14.2. The van der Waals surface area contributed by atoms with E-state index in [9.17, 15) is 35.1 Å². The molecule has 0 spiro atoms. The fourth-order valence-corrected chi connectivity index (χ4v) is 3.78. The molecule has 13 heteroatoms. The van der Waals surface area contributed by atoms with E-state index in [1.807, 2.05) is 0 Å². The normalized spacial score (nSPS) is 15.4. The van der Waals surface area contributed by atoms with Gasteiger partial charge in [0, 0.05) is 37.4 Å². The summed E-state index contributed by atoms with van der Waals surface area (Å²) in [6, 6.07) is 5.58. The molecule has 0 radical (unpaired) electrons. The van der Waals surface area contributed by atoms with Gasteiger partial charge in [-0.25, -0.2) is 18.8 Å². The van der Waals surface area contributed by atoms with Crippen LogP contribution in [0.3, 0.4) is 0 Å². The zero-order chi connectivity index (χ0) is 28.4. The first-order valence-electron chi connectivity index (χ1n) is 11.4. The molecular weight excluding hydrogens is 536 g/mol. The van der Waals surface area contributed by atoms with Gasteiger partial charge >= 0.3 is 12.4 Å². The molecule has 0 N–H and O–H groups in total. The summed E-state index contributed by atoms with van der Waals surface area (Å²) in [5.74, 6) is -1.29. The molecule has 0 aliphatic carbocycles. The Morgan fingerprint density at radius 2 is 1.64 bits per heavy atom. The van der Waals surface area contributed by atoms with Gasteiger partial charge in [-0.05, 0) is 37.1 Å². The van der Waals surface area contributed by atoms with E-state index in [4.69, 9.17) is 4.52 Å². The molecule has 39 heavy (non-hydrogen) atoms. The molecule has 0 amide bonds. The summed E-state index contributed by atoms with van der Waals surface area (Å²) in [4.78, 5) is 12.4. The number of unbranched alkanes of at least 4 members (excludes halogenated alkanes) is 1. The third kappa shape index (κ3) is 6.47. The Labute approximate surface area is 216 Å². The first kappa shape index (κ1) is 27.9. The van der Waals surface area contributed by atoms with Crippen molar-refractivity contribution in [1.82, 2.24) is 5.16 Å². The monoisotopic (exact) mass is 554 g/mol. The molecule has 3 aromatic rings. The van der Waals surface area contributed by atoms with Crippen LogP contribution in [0.1, 0.15) is 35.3 Å². The predicted octanol–water partition coefficient (Wildman–Crippen LogP) is 7.47. The van der Waals surface area contributed by atoms with Crippen LogP contribution in [0.5, 0.6) is 0 Å². The molecule has 2 heterocycles. The van der Waals surface area contributed by atoms with E-state index in [0.29, 0.717) is 36.4 Å². The summed E-state index contributed by atoms with van der Waals surface area (Å²) in [7, 11) is 1.51. The second-order valence-corrected chi connectivity index (χ2v) is 8.36. The summed E-state index contributed by atoms with van der Waals surface area (Å²) >= 11 is 0. The Balaban J connectivity index is 1.47. The number of rotatable bonds is 7. The Morgan fingerprint density at radius 1 is 0.897 bits per heavy atom. The molecular formula is C26H18F8N4O. The third-order valence-corrected chi connectivity index (χ3v) is 5.59. The van der Waals surface area contributed by atoms with Crippen molar-refractivity contribution in [3.63, 3.8) is 0 Å². The van der Waals surface area contributed by atoms with Crippen molar-refractivity contribution < 1.29 is 39.6 Å². The Morgan fingerprint density at radius 3 is 2.31 bits per heavy atom. The van der Waals surface area contributed by atoms with Crippen LogP contribution < -0.4 is 0 Å². The third-order valence-electron chi connectivity index (χ3n) is 5.59. The Hall–Kier alpha value is -4.16. The standard InChI is InChI=1S/C26H18F8N4O/c1-35-13-23-21(36-24(37-23)18-9-7-15(27)11-20(18)28)5-3-2-4-16-12-22(38-39-16)17-8-6-14(25(29,30)31)10-19(17)26(32,33)34/h5-13H,2-4H2,1H3/b21-5+,35-13?. The van der Waals surface area contributed by atoms with Crippen molar-refractivity contribution >= 4 is 17.8 Å². The van der Waals surface area contributed by atoms with Gasteiger partial charge in [0.25, 0.3) is 0 Å². The Bertz CT molecular complexity index is 1500. The number of aryl methyl sites for hydroxylation is 1. The minimum Gasteiger partial charge on any atom is -0.361 e. The molecule has 4 rings (SSSR count). The van der Waals surface area contributed by atoms with Crippen LogP contribution in [0.4, 0.5) is 35.1 Å². The van der Waals surface area contributed by atoms with Gasteiger partial charge in [-0.15, -0.1) is 0 Å². The highest BCUT2D eigenvalue weighted by molar-refractivity contribution is 6.42. The van der Waals surface area contributed by atoms with E-state index in [-0.39, 0.29) is 35.3 Å². The lowest BCUT2D eigenvalue weighted by atomic mass is 10.00. The number of benzene rings is 2. The topological polar surface area (TPSA) is 63.1 Å². The average molecular weight is 554 g/mol. The van der Waals surface area contributed by atoms with Gasteiger partial charge in [0.15, 0.2) is 5.84 Å². The van der Waals surface area contributed by atoms with E-state index in [1.165, 1.54) is 25.4 Å². The van der Waals surface area contributed by atoms with E-state index >= 15 is 0 Å². The van der Waals surface area contributed by atoms with Crippen LogP contribution in [0.2, 0.25) is 0 Å². The zero-order valence-corrected chi connectivity index (χ0v) is 20.0. The summed E-state index contributed by atoms with van der Waals surface area (Å²) < 4.78 is 112. The van der Waals surface area contributed by atoms with Gasteiger partial charge in [0.1, 0.15) is 28.8 Å². The van der Waals surface area contributed by atoms with Crippen molar-refractivity contribution in [1.29, 1.82) is 0 Å². The van der Waals surface area contributed by atoms with Crippen molar-refractivity contribution in [3.8, 4) is 11.3 Å². The Kier molecular flexibility index (Phi) is 7.79. The average Bonchev–Trinajstić information content (AvgIpc) is 3.48. The molecule has 2 aromatic carbocycles. The predicted molar refractivity (Wildman–Crippen MR) is 128 cm³/mol. The summed E-state index contributed by atoms with van der Waals surface area (Å²) in [5.41, 5.74) is -2.91. The fraction of sp³-hybridized carbons (Fsp3) is 0.231. The van der Waals surface area contributed by atoms with Crippen LogP contribution in [-0.2, 0) is 18.8 Å². The summed E-state index contributed by atoms with van der Waals surface area (Å²) in [6.07, 6.45) is -5.77. The lowest BCUT2D eigenvalue weighted by molar-refractivity contribution is -0.142. The molecule has 1 aromatic heterocycles. The minimum absolute atomic E-state index is 0.0116. The van der Waals surface area contributed by atoms with E-state index in [0.717, 1.165) is 12.1 Å². The maximum Gasteiger partial charge on any atom is 0.417 e. The van der Waals surface area contributed by atoms with Crippen LogP contribution in [0.25, 0.3) is 11.3 Å². The zero-order valence-electron chi connectivity index (χ0n) is 20.0. The van der Waals surface area contributed by atoms with E-state index < -0.39 is 40.7 Å². The van der Waals surface area contributed by atoms with E-state index in [1.54, 1.807) is 6.08 Å². The van der Waals surface area contributed by atoms with Gasteiger partial charge in [-0.2, -0.15) is 26.3 Å². The lowest BCUT2D eigenvalue weighted by Crippen LogP contribution is -2.12. The number of aliphatic imine (C=N–C) groups is 3. The van der Waals surface area contributed by atoms with Gasteiger partial charge in [0.05, 0.1) is 22.4 Å². The number of nitrogens with zero attached hydrogens (tertiary/aromatic N) is 4. The second-order valence-electron chi connectivity index (χ2n) is 8.36. The maximum absolute atomic E-state index is 14.2. The first-order valence-corrected chi connectivity index (χ1v) is 11.4. The molecule has 0 saturated heterocycles. The van der Waals surface area contributed by atoms with Crippen LogP contribution in [0, 0.1) is 11.6 Å². The number of alkyl halides is 6. The van der Waals surface area contributed by atoms with Crippen molar-refractivity contribution in [3.05, 3.63) is 88.3 Å². The molecule has 1 aliphatic rings.